The highest BCUT2D eigenvalue weighted by Crippen LogP contribution is 2.30. The molecule has 1 amide bonds. The van der Waals surface area contributed by atoms with Gasteiger partial charge < -0.3 is 15.5 Å². The van der Waals surface area contributed by atoms with E-state index in [9.17, 15) is 4.79 Å². The summed E-state index contributed by atoms with van der Waals surface area (Å²) in [7, 11) is 3.88. The van der Waals surface area contributed by atoms with Crippen LogP contribution in [0.1, 0.15) is 30.1 Å². The maximum atomic E-state index is 12.6. The first-order valence-electron chi connectivity index (χ1n) is 6.42. The van der Waals surface area contributed by atoms with Gasteiger partial charge in [0.1, 0.15) is 0 Å². The van der Waals surface area contributed by atoms with Crippen molar-refractivity contribution >= 4 is 17.3 Å². The van der Waals surface area contributed by atoms with Gasteiger partial charge in [-0.15, -0.1) is 0 Å². The summed E-state index contributed by atoms with van der Waals surface area (Å²) >= 11 is 0. The molecule has 0 unspecified atom stereocenters. The average Bonchev–Trinajstić information content (AvgIpc) is 3.13. The van der Waals surface area contributed by atoms with Crippen LogP contribution in [0.15, 0.2) is 18.2 Å². The van der Waals surface area contributed by atoms with Gasteiger partial charge in [-0.05, 0) is 38.0 Å². The number of anilines is 2. The van der Waals surface area contributed by atoms with Crippen molar-refractivity contribution in [2.24, 2.45) is 0 Å². The van der Waals surface area contributed by atoms with E-state index in [2.05, 4.69) is 0 Å². The Morgan fingerprint density at radius 2 is 2.06 bits per heavy atom. The van der Waals surface area contributed by atoms with Gasteiger partial charge in [-0.3, -0.25) is 4.79 Å². The largest absolute Gasteiger partial charge is 0.399 e. The van der Waals surface area contributed by atoms with Crippen LogP contribution in [0.2, 0.25) is 0 Å². The number of nitrogens with zero attached hydrogens (tertiary/aromatic N) is 2. The number of carbonyl (C=O) groups is 1. The summed E-state index contributed by atoms with van der Waals surface area (Å²) in [6, 6.07) is 5.95. The van der Waals surface area contributed by atoms with Crippen LogP contribution in [0.5, 0.6) is 0 Å². The molecule has 4 nitrogen and oxygen atoms in total. The fourth-order valence-corrected chi connectivity index (χ4v) is 2.22. The Balaban J connectivity index is 2.35. The third-order valence-electron chi connectivity index (χ3n) is 3.32. The van der Waals surface area contributed by atoms with Gasteiger partial charge in [0.2, 0.25) is 0 Å². The molecule has 1 saturated carbocycles. The number of benzene rings is 1. The van der Waals surface area contributed by atoms with E-state index in [-0.39, 0.29) is 5.91 Å². The lowest BCUT2D eigenvalue weighted by atomic mass is 10.1. The summed E-state index contributed by atoms with van der Waals surface area (Å²) in [6.07, 6.45) is 2.25. The summed E-state index contributed by atoms with van der Waals surface area (Å²) in [4.78, 5) is 16.5. The van der Waals surface area contributed by atoms with Crippen molar-refractivity contribution in [3.05, 3.63) is 23.8 Å². The summed E-state index contributed by atoms with van der Waals surface area (Å²) in [5.41, 5.74) is 8.07. The van der Waals surface area contributed by atoms with E-state index in [1.165, 1.54) is 0 Å². The van der Waals surface area contributed by atoms with Crippen LogP contribution in [0.3, 0.4) is 0 Å². The predicted octanol–water partition coefficient (Wildman–Crippen LogP) is 1.96. The molecule has 2 rings (SSSR count). The molecule has 98 valence electrons. The lowest BCUT2D eigenvalue weighted by Crippen LogP contribution is -2.33. The topological polar surface area (TPSA) is 49.6 Å². The van der Waals surface area contributed by atoms with E-state index in [1.807, 2.05) is 43.0 Å². The number of hydrogen-bond donors (Lipinski definition) is 1. The van der Waals surface area contributed by atoms with Crippen LogP contribution >= 0.6 is 0 Å². The molecule has 0 spiro atoms. The molecule has 4 heteroatoms. The smallest absolute Gasteiger partial charge is 0.256 e. The molecule has 2 N–H and O–H groups in total. The van der Waals surface area contributed by atoms with Gasteiger partial charge in [0.25, 0.3) is 5.91 Å². The van der Waals surface area contributed by atoms with Crippen molar-refractivity contribution in [1.82, 2.24) is 4.90 Å². The number of hydrogen-bond acceptors (Lipinski definition) is 3. The minimum Gasteiger partial charge on any atom is -0.399 e. The van der Waals surface area contributed by atoms with Crippen molar-refractivity contribution in [2.75, 3.05) is 31.3 Å². The Bertz CT molecular complexity index is 452. The van der Waals surface area contributed by atoms with Crippen LogP contribution in [0.4, 0.5) is 11.4 Å². The van der Waals surface area contributed by atoms with Crippen LogP contribution in [0, 0.1) is 0 Å². The monoisotopic (exact) mass is 247 g/mol. The number of nitrogen functional groups attached to an aromatic ring is 1. The van der Waals surface area contributed by atoms with Crippen molar-refractivity contribution < 1.29 is 4.79 Å². The zero-order chi connectivity index (χ0) is 13.3. The van der Waals surface area contributed by atoms with E-state index >= 15 is 0 Å². The highest BCUT2D eigenvalue weighted by Gasteiger charge is 2.32. The molecule has 0 bridgehead atoms. The van der Waals surface area contributed by atoms with Crippen molar-refractivity contribution in [1.29, 1.82) is 0 Å². The summed E-state index contributed by atoms with van der Waals surface area (Å²) in [5, 5.41) is 0. The highest BCUT2D eigenvalue weighted by atomic mass is 16.2. The zero-order valence-corrected chi connectivity index (χ0v) is 11.3. The summed E-state index contributed by atoms with van der Waals surface area (Å²) in [5.74, 6) is 0.0935. The molecule has 0 aromatic heterocycles. The molecule has 1 aliphatic carbocycles. The third-order valence-corrected chi connectivity index (χ3v) is 3.32. The molecule has 1 aliphatic rings. The Hall–Kier alpha value is -1.71. The van der Waals surface area contributed by atoms with Gasteiger partial charge in [0.05, 0.1) is 5.56 Å². The zero-order valence-electron chi connectivity index (χ0n) is 11.3. The second-order valence-corrected chi connectivity index (χ2v) is 4.99. The van der Waals surface area contributed by atoms with Crippen molar-refractivity contribution in [3.63, 3.8) is 0 Å². The number of amides is 1. The van der Waals surface area contributed by atoms with Gasteiger partial charge in [0, 0.05) is 38.1 Å². The Kier molecular flexibility index (Phi) is 3.45. The third kappa shape index (κ3) is 2.42. The first-order chi connectivity index (χ1) is 8.54. The van der Waals surface area contributed by atoms with E-state index < -0.39 is 0 Å². The Morgan fingerprint density at radius 3 is 2.56 bits per heavy atom. The fourth-order valence-electron chi connectivity index (χ4n) is 2.22. The lowest BCUT2D eigenvalue weighted by molar-refractivity contribution is 0.0753. The molecule has 1 aromatic rings. The molecule has 18 heavy (non-hydrogen) atoms. The number of carbonyl (C=O) groups excluding carboxylic acids is 1. The summed E-state index contributed by atoms with van der Waals surface area (Å²) in [6.45, 7) is 2.78. The predicted molar refractivity (Wildman–Crippen MR) is 74.9 cm³/mol. The normalized spacial score (nSPS) is 14.4. The molecule has 0 saturated heterocycles. The molecular formula is C14H21N3O. The molecule has 1 fully saturated rings. The maximum absolute atomic E-state index is 12.6. The fraction of sp³-hybridized carbons (Fsp3) is 0.500. The maximum Gasteiger partial charge on any atom is 0.256 e. The van der Waals surface area contributed by atoms with Crippen LogP contribution in [0.25, 0.3) is 0 Å². The Labute approximate surface area is 108 Å². The minimum atomic E-state index is 0.0935. The molecule has 0 radical (unpaired) electrons. The molecular weight excluding hydrogens is 226 g/mol. The van der Waals surface area contributed by atoms with Crippen molar-refractivity contribution in [2.45, 2.75) is 25.8 Å². The first kappa shape index (κ1) is 12.7. The standard InChI is InChI=1S/C14H21N3O/c1-4-17(11-6-7-11)14(18)12-9-10(15)5-8-13(12)16(2)3/h5,8-9,11H,4,6-7,15H2,1-3H3. The number of rotatable bonds is 4. The average molecular weight is 247 g/mol. The van der Waals surface area contributed by atoms with Crippen molar-refractivity contribution in [3.8, 4) is 0 Å². The summed E-state index contributed by atoms with van der Waals surface area (Å²) < 4.78 is 0. The SMILES string of the molecule is CCN(C(=O)c1cc(N)ccc1N(C)C)C1CC1. The lowest BCUT2D eigenvalue weighted by Gasteiger charge is -2.24. The quantitative estimate of drug-likeness (QED) is 0.827. The highest BCUT2D eigenvalue weighted by molar-refractivity contribution is 6.01. The van der Waals surface area contributed by atoms with Gasteiger partial charge in [-0.25, -0.2) is 0 Å². The molecule has 0 aliphatic heterocycles. The van der Waals surface area contributed by atoms with Crippen LogP contribution < -0.4 is 10.6 Å². The molecule has 0 heterocycles. The number of nitrogens with two attached hydrogens (primary N) is 1. The van der Waals surface area contributed by atoms with Crippen LogP contribution in [-0.4, -0.2) is 37.5 Å². The molecule has 0 atom stereocenters. The second kappa shape index (κ2) is 4.88. The Morgan fingerprint density at radius 1 is 1.39 bits per heavy atom. The van der Waals surface area contributed by atoms with Gasteiger partial charge in [-0.2, -0.15) is 0 Å². The molecule has 1 aromatic carbocycles. The van der Waals surface area contributed by atoms with Gasteiger partial charge >= 0.3 is 0 Å². The second-order valence-electron chi connectivity index (χ2n) is 4.99. The van der Waals surface area contributed by atoms with E-state index in [1.54, 1.807) is 6.07 Å². The van der Waals surface area contributed by atoms with Gasteiger partial charge in [-0.1, -0.05) is 0 Å². The van der Waals surface area contributed by atoms with Crippen LogP contribution in [-0.2, 0) is 0 Å². The van der Waals surface area contributed by atoms with Gasteiger partial charge in [0.15, 0.2) is 0 Å². The van der Waals surface area contributed by atoms with E-state index in [4.69, 9.17) is 5.73 Å². The first-order valence-corrected chi connectivity index (χ1v) is 6.42. The van der Waals surface area contributed by atoms with E-state index in [0.717, 1.165) is 25.1 Å². The minimum absolute atomic E-state index is 0.0935. The van der Waals surface area contributed by atoms with E-state index in [0.29, 0.717) is 17.3 Å².